The SMILES string of the molecule is CN1CC[C@@]23C=C[C@H](O)C[C@@H]2Cc2c(OC(=O)N4CCc5ccccc5C4)ccc(c23)C1. The van der Waals surface area contributed by atoms with Gasteiger partial charge in [0.1, 0.15) is 5.75 Å². The van der Waals surface area contributed by atoms with E-state index >= 15 is 0 Å². The van der Waals surface area contributed by atoms with Crippen molar-refractivity contribution in [3.63, 3.8) is 0 Å². The first-order chi connectivity index (χ1) is 15.5. The van der Waals surface area contributed by atoms with Gasteiger partial charge >= 0.3 is 6.09 Å². The highest BCUT2D eigenvalue weighted by atomic mass is 16.6. The summed E-state index contributed by atoms with van der Waals surface area (Å²) in [5.41, 5.74) is 6.32. The summed E-state index contributed by atoms with van der Waals surface area (Å²) in [4.78, 5) is 17.3. The highest BCUT2D eigenvalue weighted by Crippen LogP contribution is 2.55. The second-order valence-corrected chi connectivity index (χ2v) is 9.98. The Hall–Kier alpha value is -2.63. The molecule has 0 saturated heterocycles. The number of aliphatic hydroxyl groups excluding tert-OH is 1. The van der Waals surface area contributed by atoms with Crippen molar-refractivity contribution in [1.82, 2.24) is 9.80 Å². The zero-order valence-electron chi connectivity index (χ0n) is 18.6. The Bertz CT molecular complexity index is 1110. The number of allylic oxidation sites excluding steroid dienone is 1. The monoisotopic (exact) mass is 430 g/mol. The number of ether oxygens (including phenoxy) is 1. The fraction of sp³-hybridized carbons (Fsp3) is 0.444. The van der Waals surface area contributed by atoms with Gasteiger partial charge in [-0.25, -0.2) is 4.79 Å². The van der Waals surface area contributed by atoms with E-state index in [0.29, 0.717) is 24.8 Å². The average Bonchev–Trinajstić information content (AvgIpc) is 3.06. The largest absolute Gasteiger partial charge is 0.415 e. The van der Waals surface area contributed by atoms with Crippen molar-refractivity contribution >= 4 is 6.09 Å². The molecular weight excluding hydrogens is 400 g/mol. The van der Waals surface area contributed by atoms with E-state index in [1.807, 2.05) is 23.1 Å². The number of carbonyl (C=O) groups is 1. The van der Waals surface area contributed by atoms with Crippen LogP contribution in [0.5, 0.6) is 5.75 Å². The lowest BCUT2D eigenvalue weighted by Gasteiger charge is -2.38. The number of hydrogen-bond donors (Lipinski definition) is 1. The molecule has 1 amide bonds. The summed E-state index contributed by atoms with van der Waals surface area (Å²) in [7, 11) is 2.17. The zero-order valence-corrected chi connectivity index (χ0v) is 18.6. The molecule has 166 valence electrons. The zero-order chi connectivity index (χ0) is 21.9. The molecule has 6 rings (SSSR count). The highest BCUT2D eigenvalue weighted by Gasteiger charge is 2.50. The minimum Gasteiger partial charge on any atom is -0.410 e. The Morgan fingerprint density at radius 3 is 2.81 bits per heavy atom. The van der Waals surface area contributed by atoms with Crippen LogP contribution in [0, 0.1) is 5.92 Å². The van der Waals surface area contributed by atoms with Crippen LogP contribution in [0.25, 0.3) is 0 Å². The molecule has 5 heteroatoms. The van der Waals surface area contributed by atoms with Crippen molar-refractivity contribution in [2.75, 3.05) is 20.1 Å². The molecule has 32 heavy (non-hydrogen) atoms. The van der Waals surface area contributed by atoms with Crippen LogP contribution in [-0.4, -0.2) is 47.2 Å². The van der Waals surface area contributed by atoms with Gasteiger partial charge in [0.05, 0.1) is 6.10 Å². The molecule has 0 unspecified atom stereocenters. The quantitative estimate of drug-likeness (QED) is 0.699. The molecule has 4 aliphatic rings. The van der Waals surface area contributed by atoms with Crippen LogP contribution in [0.3, 0.4) is 0 Å². The van der Waals surface area contributed by atoms with E-state index in [1.54, 1.807) is 0 Å². The summed E-state index contributed by atoms with van der Waals surface area (Å²) in [6, 6.07) is 12.5. The first-order valence-corrected chi connectivity index (χ1v) is 11.8. The lowest BCUT2D eigenvalue weighted by Crippen LogP contribution is -2.38. The molecule has 2 aliphatic heterocycles. The Labute approximate surface area is 189 Å². The molecule has 0 bridgehead atoms. The summed E-state index contributed by atoms with van der Waals surface area (Å²) in [6.07, 6.45) is 7.12. The third-order valence-corrected chi connectivity index (χ3v) is 8.08. The molecule has 0 fully saturated rings. The van der Waals surface area contributed by atoms with Crippen LogP contribution in [-0.2, 0) is 31.3 Å². The summed E-state index contributed by atoms with van der Waals surface area (Å²) >= 11 is 0. The van der Waals surface area contributed by atoms with Crippen molar-refractivity contribution in [3.8, 4) is 5.75 Å². The molecule has 1 N–H and O–H groups in total. The Morgan fingerprint density at radius 2 is 1.94 bits per heavy atom. The van der Waals surface area contributed by atoms with Gasteiger partial charge in [0.15, 0.2) is 0 Å². The Balaban J connectivity index is 1.33. The van der Waals surface area contributed by atoms with Gasteiger partial charge in [-0.3, -0.25) is 0 Å². The number of rotatable bonds is 1. The maximum Gasteiger partial charge on any atom is 0.415 e. The normalized spacial score (nSPS) is 28.5. The second-order valence-electron chi connectivity index (χ2n) is 9.98. The highest BCUT2D eigenvalue weighted by molar-refractivity contribution is 5.73. The molecule has 3 atom stereocenters. The minimum atomic E-state index is -0.385. The standard InChI is InChI=1S/C27H30N2O3/c1-28-13-11-27-10-8-22(30)14-21(27)15-23-24(7-6-20(16-28)25(23)27)32-26(31)29-12-9-18-4-2-3-5-19(18)17-29/h2-8,10,21-22,30H,9,11-17H2,1H3/t21-,22+,27+/m1/s1. The van der Waals surface area contributed by atoms with E-state index < -0.39 is 0 Å². The van der Waals surface area contributed by atoms with Crippen molar-refractivity contribution < 1.29 is 14.6 Å². The summed E-state index contributed by atoms with van der Waals surface area (Å²) < 4.78 is 6.07. The van der Waals surface area contributed by atoms with Crippen LogP contribution in [0.2, 0.25) is 0 Å². The van der Waals surface area contributed by atoms with Crippen LogP contribution >= 0.6 is 0 Å². The first kappa shape index (κ1) is 20.0. The van der Waals surface area contributed by atoms with Gasteiger partial charge in [0.25, 0.3) is 0 Å². The predicted molar refractivity (Wildman–Crippen MR) is 123 cm³/mol. The lowest BCUT2D eigenvalue weighted by molar-refractivity contribution is 0.143. The van der Waals surface area contributed by atoms with Gasteiger partial charge in [0.2, 0.25) is 0 Å². The minimum absolute atomic E-state index is 0.0544. The van der Waals surface area contributed by atoms with E-state index in [1.165, 1.54) is 27.8 Å². The number of benzene rings is 2. The third-order valence-electron chi connectivity index (χ3n) is 8.08. The summed E-state index contributed by atoms with van der Waals surface area (Å²) in [5, 5.41) is 10.3. The van der Waals surface area contributed by atoms with Gasteiger partial charge in [-0.05, 0) is 79.1 Å². The molecule has 2 aliphatic carbocycles. The van der Waals surface area contributed by atoms with Crippen molar-refractivity contribution in [2.24, 2.45) is 5.92 Å². The smallest absolute Gasteiger partial charge is 0.410 e. The fourth-order valence-electron chi connectivity index (χ4n) is 6.45. The van der Waals surface area contributed by atoms with Gasteiger partial charge in [-0.1, -0.05) is 42.5 Å². The molecule has 5 nitrogen and oxygen atoms in total. The number of fused-ring (bicyclic) bond motifs is 1. The molecule has 2 heterocycles. The van der Waals surface area contributed by atoms with Gasteiger partial charge < -0.3 is 19.6 Å². The predicted octanol–water partition coefficient (Wildman–Crippen LogP) is 3.81. The van der Waals surface area contributed by atoms with Crippen molar-refractivity contribution in [2.45, 2.75) is 50.3 Å². The van der Waals surface area contributed by atoms with Crippen molar-refractivity contribution in [1.29, 1.82) is 0 Å². The topological polar surface area (TPSA) is 53.0 Å². The number of amides is 1. The van der Waals surface area contributed by atoms with E-state index in [0.717, 1.165) is 38.8 Å². The average molecular weight is 431 g/mol. The molecule has 0 aromatic heterocycles. The molecule has 0 saturated carbocycles. The molecule has 0 radical (unpaired) electrons. The second kappa shape index (κ2) is 7.46. The molecule has 2 aromatic carbocycles. The third kappa shape index (κ3) is 3.10. The Morgan fingerprint density at radius 1 is 1.09 bits per heavy atom. The van der Waals surface area contributed by atoms with Crippen LogP contribution < -0.4 is 4.74 Å². The first-order valence-electron chi connectivity index (χ1n) is 11.8. The molecular formula is C27H30N2O3. The van der Waals surface area contributed by atoms with E-state index in [2.05, 4.69) is 42.3 Å². The van der Waals surface area contributed by atoms with Crippen molar-refractivity contribution in [3.05, 3.63) is 76.4 Å². The number of aliphatic hydroxyl groups is 1. The molecule has 2 aromatic rings. The summed E-state index contributed by atoms with van der Waals surface area (Å²) in [5.74, 6) is 1.05. The van der Waals surface area contributed by atoms with Gasteiger partial charge in [-0.15, -0.1) is 0 Å². The van der Waals surface area contributed by atoms with E-state index in [4.69, 9.17) is 4.74 Å². The Kier molecular flexibility index (Phi) is 4.67. The van der Waals surface area contributed by atoms with Crippen LogP contribution in [0.1, 0.15) is 40.7 Å². The number of hydrogen-bond acceptors (Lipinski definition) is 4. The maximum absolute atomic E-state index is 13.2. The number of carbonyl (C=O) groups excluding carboxylic acids is 1. The van der Waals surface area contributed by atoms with E-state index in [-0.39, 0.29) is 17.6 Å². The summed E-state index contributed by atoms with van der Waals surface area (Å²) in [6.45, 7) is 3.21. The van der Waals surface area contributed by atoms with Crippen LogP contribution in [0.15, 0.2) is 48.6 Å². The number of nitrogens with zero attached hydrogens (tertiary/aromatic N) is 2. The molecule has 1 spiro atoms. The maximum atomic E-state index is 13.2. The van der Waals surface area contributed by atoms with Crippen LogP contribution in [0.4, 0.5) is 4.79 Å². The van der Waals surface area contributed by atoms with Gasteiger partial charge in [-0.2, -0.15) is 0 Å². The fourth-order valence-corrected chi connectivity index (χ4v) is 6.45. The lowest BCUT2D eigenvalue weighted by atomic mass is 9.67. The van der Waals surface area contributed by atoms with E-state index in [9.17, 15) is 9.90 Å². The van der Waals surface area contributed by atoms with Gasteiger partial charge in [0, 0.05) is 25.0 Å².